The maximum atomic E-state index is 9.16. The third-order valence-corrected chi connectivity index (χ3v) is 4.96. The third kappa shape index (κ3) is 13.6. The second-order valence-corrected chi connectivity index (χ2v) is 7.40. The van der Waals surface area contributed by atoms with Crippen LogP contribution in [-0.2, 0) is 0 Å². The molecule has 0 saturated carbocycles. The molecule has 0 spiro atoms. The highest BCUT2D eigenvalue weighted by Gasteiger charge is 2.19. The topological polar surface area (TPSA) is 20.2 Å². The molecule has 0 unspecified atom stereocenters. The highest BCUT2D eigenvalue weighted by atomic mass is 16.3. The molecule has 0 atom stereocenters. The number of unbranched alkanes of at least 4 members (excludes halogenated alkanes) is 10. The van der Waals surface area contributed by atoms with Crippen LogP contribution in [0.25, 0.3) is 0 Å². The van der Waals surface area contributed by atoms with Crippen molar-refractivity contribution in [1.82, 2.24) is 0 Å². The van der Waals surface area contributed by atoms with E-state index in [9.17, 15) is 0 Å². The molecule has 0 saturated heterocycles. The van der Waals surface area contributed by atoms with E-state index in [2.05, 4.69) is 20.9 Å². The standard InChI is InChI=1S/C20H44NO/c1-4-6-8-10-12-14-17-21(3,19-16-20-22)18-15-13-11-9-7-5-2/h22H,4-20H2,1-3H3/q+1. The fraction of sp³-hybridized carbons (Fsp3) is 1.00. The normalized spacial score (nSPS) is 12.0. The van der Waals surface area contributed by atoms with Gasteiger partial charge < -0.3 is 9.59 Å². The number of aliphatic hydroxyl groups is 1. The van der Waals surface area contributed by atoms with E-state index in [1.54, 1.807) is 0 Å². The molecule has 2 heteroatoms. The first-order valence-corrected chi connectivity index (χ1v) is 10.1. The number of quaternary nitrogens is 1. The Hall–Kier alpha value is -0.0800. The summed E-state index contributed by atoms with van der Waals surface area (Å²) in [5.41, 5.74) is 0. The van der Waals surface area contributed by atoms with Gasteiger partial charge in [0.25, 0.3) is 0 Å². The molecule has 0 amide bonds. The summed E-state index contributed by atoms with van der Waals surface area (Å²) in [5.74, 6) is 0. The molecule has 22 heavy (non-hydrogen) atoms. The second-order valence-electron chi connectivity index (χ2n) is 7.40. The molecule has 0 heterocycles. The van der Waals surface area contributed by atoms with Crippen LogP contribution < -0.4 is 0 Å². The summed E-state index contributed by atoms with van der Waals surface area (Å²) >= 11 is 0. The summed E-state index contributed by atoms with van der Waals surface area (Å²) in [4.78, 5) is 0. The van der Waals surface area contributed by atoms with Crippen molar-refractivity contribution in [2.24, 2.45) is 0 Å². The van der Waals surface area contributed by atoms with E-state index in [0.717, 1.165) is 13.0 Å². The molecular weight excluding hydrogens is 270 g/mol. The summed E-state index contributed by atoms with van der Waals surface area (Å²) in [7, 11) is 2.41. The van der Waals surface area contributed by atoms with Crippen molar-refractivity contribution < 1.29 is 9.59 Å². The maximum Gasteiger partial charge on any atom is 0.0806 e. The second kappa shape index (κ2) is 15.8. The third-order valence-electron chi connectivity index (χ3n) is 4.96. The Bertz CT molecular complexity index is 202. The molecule has 0 aliphatic heterocycles. The van der Waals surface area contributed by atoms with Gasteiger partial charge in [-0.25, -0.2) is 0 Å². The number of hydrogen-bond acceptors (Lipinski definition) is 1. The van der Waals surface area contributed by atoms with Crippen molar-refractivity contribution in [2.45, 2.75) is 97.3 Å². The van der Waals surface area contributed by atoms with Gasteiger partial charge in [-0.2, -0.15) is 0 Å². The molecule has 0 bridgehead atoms. The molecular formula is C20H44NO+. The lowest BCUT2D eigenvalue weighted by molar-refractivity contribution is -0.910. The van der Waals surface area contributed by atoms with Crippen molar-refractivity contribution in [3.63, 3.8) is 0 Å². The Labute approximate surface area is 140 Å². The molecule has 0 aliphatic rings. The average Bonchev–Trinajstić information content (AvgIpc) is 2.52. The van der Waals surface area contributed by atoms with Crippen LogP contribution in [0, 0.1) is 0 Å². The van der Waals surface area contributed by atoms with Gasteiger partial charge in [-0.15, -0.1) is 0 Å². The zero-order chi connectivity index (χ0) is 16.5. The molecule has 134 valence electrons. The van der Waals surface area contributed by atoms with Crippen molar-refractivity contribution in [2.75, 3.05) is 33.3 Å². The van der Waals surface area contributed by atoms with E-state index in [0.29, 0.717) is 6.61 Å². The zero-order valence-corrected chi connectivity index (χ0v) is 15.9. The Balaban J connectivity index is 3.84. The van der Waals surface area contributed by atoms with Gasteiger partial charge in [0, 0.05) is 13.0 Å². The molecule has 0 aliphatic carbocycles. The largest absolute Gasteiger partial charge is 0.396 e. The summed E-state index contributed by atoms with van der Waals surface area (Å²) < 4.78 is 1.18. The van der Waals surface area contributed by atoms with Crippen LogP contribution in [0.4, 0.5) is 0 Å². The van der Waals surface area contributed by atoms with Crippen molar-refractivity contribution in [3.8, 4) is 0 Å². The Morgan fingerprint density at radius 3 is 1.32 bits per heavy atom. The van der Waals surface area contributed by atoms with Crippen LogP contribution >= 0.6 is 0 Å². The van der Waals surface area contributed by atoms with Crippen LogP contribution in [-0.4, -0.2) is 42.9 Å². The van der Waals surface area contributed by atoms with Gasteiger partial charge in [-0.05, 0) is 25.7 Å². The molecule has 1 N–H and O–H groups in total. The molecule has 0 aromatic carbocycles. The Kier molecular flexibility index (Phi) is 15.7. The van der Waals surface area contributed by atoms with Gasteiger partial charge in [0.1, 0.15) is 0 Å². The minimum Gasteiger partial charge on any atom is -0.396 e. The zero-order valence-electron chi connectivity index (χ0n) is 15.9. The van der Waals surface area contributed by atoms with Crippen LogP contribution in [0.2, 0.25) is 0 Å². The number of aliphatic hydroxyl groups excluding tert-OH is 1. The van der Waals surface area contributed by atoms with E-state index in [1.807, 2.05) is 0 Å². The summed E-state index contributed by atoms with van der Waals surface area (Å²) in [6.45, 7) is 8.68. The monoisotopic (exact) mass is 314 g/mol. The smallest absolute Gasteiger partial charge is 0.0806 e. The minimum absolute atomic E-state index is 0.348. The fourth-order valence-corrected chi connectivity index (χ4v) is 3.34. The minimum atomic E-state index is 0.348. The fourth-order valence-electron chi connectivity index (χ4n) is 3.34. The Morgan fingerprint density at radius 2 is 0.909 bits per heavy atom. The van der Waals surface area contributed by atoms with Gasteiger partial charge >= 0.3 is 0 Å². The first-order chi connectivity index (χ1) is 10.7. The van der Waals surface area contributed by atoms with Gasteiger partial charge in [0.05, 0.1) is 26.7 Å². The van der Waals surface area contributed by atoms with E-state index in [-0.39, 0.29) is 0 Å². The van der Waals surface area contributed by atoms with Crippen LogP contribution in [0.5, 0.6) is 0 Å². The predicted octanol–water partition coefficient (Wildman–Crippen LogP) is 5.54. The molecule has 0 fully saturated rings. The van der Waals surface area contributed by atoms with E-state index >= 15 is 0 Å². The maximum absolute atomic E-state index is 9.16. The Morgan fingerprint density at radius 1 is 0.545 bits per heavy atom. The van der Waals surface area contributed by atoms with Gasteiger partial charge in [0.15, 0.2) is 0 Å². The number of nitrogens with zero attached hydrogens (tertiary/aromatic N) is 1. The lowest BCUT2D eigenvalue weighted by atomic mass is 10.1. The first-order valence-electron chi connectivity index (χ1n) is 10.1. The van der Waals surface area contributed by atoms with Crippen molar-refractivity contribution in [3.05, 3.63) is 0 Å². The van der Waals surface area contributed by atoms with Gasteiger partial charge in [0.2, 0.25) is 0 Å². The summed E-state index contributed by atoms with van der Waals surface area (Å²) in [6, 6.07) is 0. The van der Waals surface area contributed by atoms with Crippen LogP contribution in [0.15, 0.2) is 0 Å². The average molecular weight is 315 g/mol. The van der Waals surface area contributed by atoms with Gasteiger partial charge in [-0.1, -0.05) is 65.2 Å². The van der Waals surface area contributed by atoms with Crippen molar-refractivity contribution in [1.29, 1.82) is 0 Å². The van der Waals surface area contributed by atoms with E-state index in [1.165, 1.54) is 94.6 Å². The number of hydrogen-bond donors (Lipinski definition) is 1. The molecule has 0 rings (SSSR count). The molecule has 2 nitrogen and oxygen atoms in total. The predicted molar refractivity (Wildman–Crippen MR) is 99.2 cm³/mol. The van der Waals surface area contributed by atoms with E-state index < -0.39 is 0 Å². The molecule has 0 radical (unpaired) electrons. The SMILES string of the molecule is CCCCCCCC[N+](C)(CCCO)CCCCCCCC. The van der Waals surface area contributed by atoms with Crippen LogP contribution in [0.1, 0.15) is 97.3 Å². The molecule has 0 aromatic heterocycles. The quantitative estimate of drug-likeness (QED) is 0.276. The lowest BCUT2D eigenvalue weighted by Crippen LogP contribution is -2.46. The molecule has 0 aromatic rings. The summed E-state index contributed by atoms with van der Waals surface area (Å²) in [5, 5.41) is 9.16. The van der Waals surface area contributed by atoms with Crippen molar-refractivity contribution >= 4 is 0 Å². The first kappa shape index (κ1) is 21.9. The summed E-state index contributed by atoms with van der Waals surface area (Å²) in [6.07, 6.45) is 17.6. The van der Waals surface area contributed by atoms with Gasteiger partial charge in [-0.3, -0.25) is 0 Å². The lowest BCUT2D eigenvalue weighted by Gasteiger charge is -2.35. The van der Waals surface area contributed by atoms with Crippen LogP contribution in [0.3, 0.4) is 0 Å². The highest BCUT2D eigenvalue weighted by molar-refractivity contribution is 4.49. The number of rotatable bonds is 17. The highest BCUT2D eigenvalue weighted by Crippen LogP contribution is 2.14. The van der Waals surface area contributed by atoms with E-state index in [4.69, 9.17) is 5.11 Å².